The summed E-state index contributed by atoms with van der Waals surface area (Å²) in [5.74, 6) is -11.8. The van der Waals surface area contributed by atoms with Crippen LogP contribution in [-0.2, 0) is 29.0 Å². The highest BCUT2D eigenvalue weighted by molar-refractivity contribution is 7.91. The zero-order chi connectivity index (χ0) is 30.2. The van der Waals surface area contributed by atoms with Crippen LogP contribution in [0.5, 0.6) is 0 Å². The summed E-state index contributed by atoms with van der Waals surface area (Å²) in [6, 6.07) is 6.01. The van der Waals surface area contributed by atoms with Crippen molar-refractivity contribution < 1.29 is 57.0 Å². The van der Waals surface area contributed by atoms with Crippen LogP contribution in [0.2, 0.25) is 0 Å². The lowest BCUT2D eigenvalue weighted by Crippen LogP contribution is -2.37. The molecule has 0 saturated heterocycles. The van der Waals surface area contributed by atoms with Crippen LogP contribution >= 0.6 is 0 Å². The third-order valence-corrected chi connectivity index (χ3v) is 8.26. The van der Waals surface area contributed by atoms with Crippen molar-refractivity contribution in [2.75, 3.05) is 13.1 Å². The number of hydrogen-bond donors (Lipinski definition) is 4. The molecule has 4 N–H and O–H groups in total. The number of hydrogen-bond acceptors (Lipinski definition) is 10. The lowest BCUT2D eigenvalue weighted by Gasteiger charge is -2.08. The number of carboxylic acids is 2. The zero-order valence-electron chi connectivity index (χ0n) is 20.8. The van der Waals surface area contributed by atoms with Crippen LogP contribution in [0.25, 0.3) is 0 Å². The summed E-state index contributed by atoms with van der Waals surface area (Å²) in [5.41, 5.74) is -1.06. The zero-order valence-corrected chi connectivity index (χ0v) is 21.6. The van der Waals surface area contributed by atoms with Gasteiger partial charge >= 0.3 is 11.9 Å². The van der Waals surface area contributed by atoms with Crippen molar-refractivity contribution in [2.45, 2.75) is 22.6 Å². The third kappa shape index (κ3) is 5.26. The molecule has 0 radical (unpaired) electrons. The maximum atomic E-state index is 13.4. The summed E-state index contributed by atoms with van der Waals surface area (Å²) < 4.78 is 26.8. The van der Waals surface area contributed by atoms with Crippen LogP contribution < -0.4 is 10.6 Å². The molecule has 0 spiro atoms. The van der Waals surface area contributed by atoms with Gasteiger partial charge in [-0.25, -0.2) is 8.42 Å². The van der Waals surface area contributed by atoms with E-state index in [9.17, 15) is 46.8 Å². The van der Waals surface area contributed by atoms with E-state index in [1.54, 1.807) is 0 Å². The van der Waals surface area contributed by atoms with Gasteiger partial charge in [0.15, 0.2) is 35.0 Å². The molecule has 2 aliphatic rings. The van der Waals surface area contributed by atoms with E-state index in [0.717, 1.165) is 36.4 Å². The first kappa shape index (κ1) is 28.9. The fraction of sp³-hybridized carbons (Fsp3) is 0.231. The first-order valence-corrected chi connectivity index (χ1v) is 13.4. The lowest BCUT2D eigenvalue weighted by atomic mass is 10.0. The highest BCUT2D eigenvalue weighted by Gasteiger charge is 2.45. The van der Waals surface area contributed by atoms with Gasteiger partial charge in [0.25, 0.3) is 0 Å². The van der Waals surface area contributed by atoms with Crippen LogP contribution in [0.15, 0.2) is 46.2 Å². The molecule has 0 bridgehead atoms. The molecule has 41 heavy (non-hydrogen) atoms. The predicted molar refractivity (Wildman–Crippen MR) is 133 cm³/mol. The standard InChI is InChI=1S/C26H20N2O12S/c29-17(30)5-7-27-25(37)19-21(33)13-3-1-11(9-15(13)23(19)35)41(39,40)12-2-4-14-16(10-12)24(36)20(22(14)34)26(38)28-8-6-18(31)32/h1-4,9-10,19-20H,5-8H2,(H,27,37)(H,28,38)(H,29,30)(H,31,32). The number of sulfone groups is 1. The van der Waals surface area contributed by atoms with Crippen LogP contribution in [0.3, 0.4) is 0 Å². The van der Waals surface area contributed by atoms with Gasteiger partial charge in [-0.3, -0.25) is 38.4 Å². The second-order valence-corrected chi connectivity index (χ2v) is 11.1. The topological polar surface area (TPSA) is 235 Å². The maximum absolute atomic E-state index is 13.4. The van der Waals surface area contributed by atoms with Crippen LogP contribution in [-0.4, -0.2) is 78.6 Å². The van der Waals surface area contributed by atoms with Gasteiger partial charge in [-0.2, -0.15) is 0 Å². The molecule has 2 unspecified atom stereocenters. The Labute approximate surface area is 230 Å². The fourth-order valence-electron chi connectivity index (χ4n) is 4.48. The van der Waals surface area contributed by atoms with Gasteiger partial charge in [0, 0.05) is 35.3 Å². The molecule has 0 aromatic heterocycles. The molecule has 0 fully saturated rings. The molecule has 4 rings (SSSR count). The first-order valence-electron chi connectivity index (χ1n) is 11.9. The van der Waals surface area contributed by atoms with Gasteiger partial charge in [0.1, 0.15) is 0 Å². The number of nitrogens with one attached hydrogen (secondary N) is 2. The monoisotopic (exact) mass is 584 g/mol. The molecule has 2 aromatic carbocycles. The van der Waals surface area contributed by atoms with Gasteiger partial charge in [-0.1, -0.05) is 0 Å². The molecular formula is C26H20N2O12S. The van der Waals surface area contributed by atoms with E-state index in [1.807, 2.05) is 0 Å². The number of ketones is 4. The summed E-state index contributed by atoms with van der Waals surface area (Å²) in [6.45, 7) is -0.656. The van der Waals surface area contributed by atoms with Crippen molar-refractivity contribution in [3.8, 4) is 0 Å². The Morgan fingerprint density at radius 2 is 0.951 bits per heavy atom. The van der Waals surface area contributed by atoms with Crippen molar-refractivity contribution >= 4 is 56.7 Å². The van der Waals surface area contributed by atoms with E-state index in [1.165, 1.54) is 0 Å². The molecule has 2 aliphatic carbocycles. The molecule has 0 aliphatic heterocycles. The van der Waals surface area contributed by atoms with Crippen LogP contribution in [0.4, 0.5) is 0 Å². The van der Waals surface area contributed by atoms with Crippen molar-refractivity contribution in [1.29, 1.82) is 0 Å². The second kappa shape index (κ2) is 10.8. The average Bonchev–Trinajstić information content (AvgIpc) is 3.31. The lowest BCUT2D eigenvalue weighted by molar-refractivity contribution is -0.138. The Balaban J connectivity index is 1.59. The molecule has 0 heterocycles. The Morgan fingerprint density at radius 1 is 0.610 bits per heavy atom. The Kier molecular flexibility index (Phi) is 7.66. The average molecular weight is 585 g/mol. The minimum absolute atomic E-state index is 0.196. The van der Waals surface area contributed by atoms with E-state index in [2.05, 4.69) is 10.6 Å². The third-order valence-electron chi connectivity index (χ3n) is 6.51. The van der Waals surface area contributed by atoms with Crippen LogP contribution in [0.1, 0.15) is 54.3 Å². The number of benzene rings is 2. The minimum atomic E-state index is -4.45. The van der Waals surface area contributed by atoms with E-state index < -0.39 is 91.2 Å². The van der Waals surface area contributed by atoms with Gasteiger partial charge < -0.3 is 20.8 Å². The molecule has 2 atom stereocenters. The smallest absolute Gasteiger partial charge is 0.305 e. The van der Waals surface area contributed by atoms with Gasteiger partial charge in [-0.05, 0) is 36.4 Å². The second-order valence-electron chi connectivity index (χ2n) is 9.11. The number of carbonyl (C=O) groups excluding carboxylic acids is 6. The van der Waals surface area contributed by atoms with Gasteiger partial charge in [0.2, 0.25) is 21.7 Å². The van der Waals surface area contributed by atoms with Crippen molar-refractivity contribution in [3.05, 3.63) is 58.7 Å². The fourth-order valence-corrected chi connectivity index (χ4v) is 5.79. The quantitative estimate of drug-likeness (QED) is 0.263. The van der Waals surface area contributed by atoms with E-state index >= 15 is 0 Å². The molecule has 15 heteroatoms. The highest BCUT2D eigenvalue weighted by Crippen LogP contribution is 2.34. The molecular weight excluding hydrogens is 564 g/mol. The molecule has 14 nitrogen and oxygen atoms in total. The molecule has 0 saturated carbocycles. The van der Waals surface area contributed by atoms with E-state index in [4.69, 9.17) is 10.2 Å². The molecule has 2 amide bonds. The summed E-state index contributed by atoms with van der Waals surface area (Å²) in [7, 11) is -4.45. The summed E-state index contributed by atoms with van der Waals surface area (Å²) in [5, 5.41) is 21.8. The Bertz CT molecular complexity index is 1570. The van der Waals surface area contributed by atoms with Gasteiger partial charge in [0.05, 0.1) is 22.6 Å². The van der Waals surface area contributed by atoms with Gasteiger partial charge in [-0.15, -0.1) is 0 Å². The number of amides is 2. The first-order chi connectivity index (χ1) is 19.2. The minimum Gasteiger partial charge on any atom is -0.481 e. The number of Topliss-reactive ketones (excluding diaryl/α,β-unsaturated/α-hetero) is 4. The Hall–Kier alpha value is -5.05. The largest absolute Gasteiger partial charge is 0.481 e. The summed E-state index contributed by atoms with van der Waals surface area (Å²) in [4.78, 5) is 96.2. The predicted octanol–water partition coefficient (Wildman–Crippen LogP) is -0.308. The Morgan fingerprint density at radius 3 is 1.29 bits per heavy atom. The highest BCUT2D eigenvalue weighted by atomic mass is 32.2. The van der Waals surface area contributed by atoms with Crippen molar-refractivity contribution in [1.82, 2.24) is 10.6 Å². The van der Waals surface area contributed by atoms with Crippen LogP contribution in [0, 0.1) is 11.8 Å². The summed E-state index contributed by atoms with van der Waals surface area (Å²) in [6.07, 6.45) is -0.887. The van der Waals surface area contributed by atoms with E-state index in [0.29, 0.717) is 0 Å². The number of fused-ring (bicyclic) bond motifs is 2. The number of rotatable bonds is 10. The SMILES string of the molecule is O=C(O)CCNC(=O)C1C(=O)c2ccc(S(=O)(=O)c3ccc4c(c3)C(=O)C(C(=O)NCCC(=O)O)C4=O)cc2C1=O. The number of carboxylic acid groups (broad SMARTS) is 2. The van der Waals surface area contributed by atoms with Crippen molar-refractivity contribution in [2.24, 2.45) is 11.8 Å². The number of carbonyl (C=O) groups is 8. The van der Waals surface area contributed by atoms with E-state index in [-0.39, 0.29) is 35.3 Å². The normalized spacial score (nSPS) is 17.7. The molecule has 2 aromatic rings. The van der Waals surface area contributed by atoms with Crippen molar-refractivity contribution in [3.63, 3.8) is 0 Å². The maximum Gasteiger partial charge on any atom is 0.305 e. The molecule has 212 valence electrons. The summed E-state index contributed by atoms with van der Waals surface area (Å²) >= 11 is 0. The number of aliphatic carboxylic acids is 2.